The van der Waals surface area contributed by atoms with E-state index in [4.69, 9.17) is 25.4 Å². The summed E-state index contributed by atoms with van der Waals surface area (Å²) in [6.45, 7) is 3.42. The molecule has 39 heavy (non-hydrogen) atoms. The number of nitrogens with zero attached hydrogens (tertiary/aromatic N) is 5. The zero-order chi connectivity index (χ0) is 27.8. The Morgan fingerprint density at radius 1 is 1.13 bits per heavy atom. The predicted molar refractivity (Wildman–Crippen MR) is 144 cm³/mol. The fourth-order valence-corrected chi connectivity index (χ4v) is 4.91. The molecule has 2 aromatic heterocycles. The number of furan rings is 1. The molecule has 3 aromatic rings. The summed E-state index contributed by atoms with van der Waals surface area (Å²) in [4.78, 5) is 16.6. The van der Waals surface area contributed by atoms with E-state index in [-0.39, 0.29) is 29.8 Å². The number of ether oxygens (including phenoxy) is 2. The summed E-state index contributed by atoms with van der Waals surface area (Å²) in [6.07, 6.45) is -2.99. The number of rotatable bonds is 11. The highest BCUT2D eigenvalue weighted by molar-refractivity contribution is 7.99. The number of hydrogen-bond acceptors (Lipinski definition) is 10. The Balaban J connectivity index is 1.31. The molecule has 3 heterocycles. The largest absolute Gasteiger partial charge is 0.491 e. The average Bonchev–Trinajstić information content (AvgIpc) is 3.44. The molecule has 0 saturated carbocycles. The van der Waals surface area contributed by atoms with Crippen LogP contribution in [0.15, 0.2) is 57.1 Å². The van der Waals surface area contributed by atoms with E-state index in [1.54, 1.807) is 29.2 Å². The Morgan fingerprint density at radius 2 is 1.92 bits per heavy atom. The number of hydrogen-bond donors (Lipinski definition) is 2. The Kier molecular flexibility index (Phi) is 9.54. The van der Waals surface area contributed by atoms with Crippen molar-refractivity contribution in [3.8, 4) is 5.75 Å². The lowest BCUT2D eigenvalue weighted by Gasteiger charge is -2.37. The van der Waals surface area contributed by atoms with Crippen LogP contribution in [0.5, 0.6) is 5.75 Å². The number of aliphatic imine (C=N–C) groups is 1. The monoisotopic (exact) mass is 565 g/mol. The van der Waals surface area contributed by atoms with Gasteiger partial charge in [0.25, 0.3) is 0 Å². The Labute approximate surface area is 228 Å². The van der Waals surface area contributed by atoms with E-state index < -0.39 is 11.7 Å². The topological polar surface area (TPSA) is 128 Å². The zero-order valence-corrected chi connectivity index (χ0v) is 22.2. The Bertz CT molecular complexity index is 1250. The van der Waals surface area contributed by atoms with Gasteiger partial charge < -0.3 is 30.3 Å². The third-order valence-electron chi connectivity index (χ3n) is 5.92. The van der Waals surface area contributed by atoms with Crippen molar-refractivity contribution in [1.82, 2.24) is 14.9 Å². The van der Waals surface area contributed by atoms with E-state index in [1.807, 2.05) is 0 Å². The minimum atomic E-state index is -4.49. The molecule has 10 nitrogen and oxygen atoms in total. The van der Waals surface area contributed by atoms with Gasteiger partial charge in [0.2, 0.25) is 5.95 Å². The number of aromatic nitrogens is 2. The van der Waals surface area contributed by atoms with Crippen LogP contribution in [0.2, 0.25) is 0 Å². The van der Waals surface area contributed by atoms with Crippen molar-refractivity contribution in [3.05, 3.63) is 54.0 Å². The Hall–Kier alpha value is -3.49. The van der Waals surface area contributed by atoms with E-state index in [9.17, 15) is 13.2 Å². The van der Waals surface area contributed by atoms with Gasteiger partial charge in [0.1, 0.15) is 17.4 Å². The van der Waals surface area contributed by atoms with Crippen molar-refractivity contribution >= 4 is 35.1 Å². The Morgan fingerprint density at radius 3 is 2.62 bits per heavy atom. The molecule has 0 atom stereocenters. The fourth-order valence-electron chi connectivity index (χ4n) is 4.01. The van der Waals surface area contributed by atoms with Crippen LogP contribution in [-0.2, 0) is 10.9 Å². The van der Waals surface area contributed by atoms with E-state index in [1.165, 1.54) is 31.2 Å². The number of piperazine rings is 1. The van der Waals surface area contributed by atoms with Gasteiger partial charge in [0.05, 0.1) is 18.4 Å². The number of thioether (sulfide) groups is 1. The van der Waals surface area contributed by atoms with Crippen LogP contribution in [0.25, 0.3) is 0 Å². The van der Waals surface area contributed by atoms with Gasteiger partial charge in [-0.05, 0) is 30.3 Å². The van der Waals surface area contributed by atoms with Gasteiger partial charge in [0, 0.05) is 57.3 Å². The van der Waals surface area contributed by atoms with E-state index in [2.05, 4.69) is 19.9 Å². The standard InChI is InChI=1S/C25H30F3N7O3S/c1-36-12-13-37-17-4-5-19(18(15-17)25(26,27)28)35-8-6-34(7-9-35)10-14-39-22-16-21(32-24(30)33-22)31-23(29)20-3-2-11-38-20/h2-5,11,15-16H,6-10,12-14H2,1H3,(H4,29,30,31,32,33). The molecule has 210 valence electrons. The highest BCUT2D eigenvalue weighted by Crippen LogP contribution is 2.39. The van der Waals surface area contributed by atoms with Crippen LogP contribution in [-0.4, -0.2) is 79.5 Å². The molecule has 1 aromatic carbocycles. The molecule has 1 saturated heterocycles. The van der Waals surface area contributed by atoms with Gasteiger partial charge in [-0.1, -0.05) is 0 Å². The van der Waals surface area contributed by atoms with Crippen molar-refractivity contribution in [2.75, 3.05) is 69.4 Å². The van der Waals surface area contributed by atoms with Crippen molar-refractivity contribution in [1.29, 1.82) is 0 Å². The first-order valence-electron chi connectivity index (χ1n) is 12.2. The summed E-state index contributed by atoms with van der Waals surface area (Å²) < 4.78 is 57.0. The van der Waals surface area contributed by atoms with Gasteiger partial charge in [-0.25, -0.2) is 9.98 Å². The lowest BCUT2D eigenvalue weighted by atomic mass is 10.1. The number of alkyl halides is 3. The van der Waals surface area contributed by atoms with Crippen LogP contribution < -0.4 is 21.1 Å². The highest BCUT2D eigenvalue weighted by Gasteiger charge is 2.36. The summed E-state index contributed by atoms with van der Waals surface area (Å²) >= 11 is 1.49. The summed E-state index contributed by atoms with van der Waals surface area (Å²) in [6, 6.07) is 9.19. The molecular weight excluding hydrogens is 535 g/mol. The van der Waals surface area contributed by atoms with Crippen LogP contribution in [0.1, 0.15) is 11.3 Å². The normalized spacial score (nSPS) is 15.1. The van der Waals surface area contributed by atoms with Crippen LogP contribution in [0.4, 0.5) is 30.6 Å². The summed E-state index contributed by atoms with van der Waals surface area (Å²) in [7, 11) is 1.50. The molecule has 0 spiro atoms. The summed E-state index contributed by atoms with van der Waals surface area (Å²) in [5.41, 5.74) is 11.3. The van der Waals surface area contributed by atoms with Gasteiger partial charge in [-0.15, -0.1) is 11.8 Å². The van der Waals surface area contributed by atoms with Crippen molar-refractivity contribution in [3.63, 3.8) is 0 Å². The molecule has 0 bridgehead atoms. The SMILES string of the molecule is COCCOc1ccc(N2CCN(CCSc3cc(N=C(N)c4ccco4)nc(N)n3)CC2)c(C(F)(F)F)c1. The minimum absolute atomic E-state index is 0.0789. The third-order valence-corrected chi connectivity index (χ3v) is 6.81. The molecule has 4 N–H and O–H groups in total. The molecule has 4 rings (SSSR count). The summed E-state index contributed by atoms with van der Waals surface area (Å²) in [5.74, 6) is 1.87. The third kappa shape index (κ3) is 8.00. The number of halogens is 3. The summed E-state index contributed by atoms with van der Waals surface area (Å²) in [5, 5.41) is 0.648. The highest BCUT2D eigenvalue weighted by atomic mass is 32.2. The maximum absolute atomic E-state index is 13.8. The first-order chi connectivity index (χ1) is 18.7. The quantitative estimate of drug-likeness (QED) is 0.117. The average molecular weight is 566 g/mol. The number of methoxy groups -OCH3 is 1. The molecule has 1 aliphatic rings. The molecule has 1 fully saturated rings. The molecule has 0 radical (unpaired) electrons. The van der Waals surface area contributed by atoms with E-state index in [0.717, 1.165) is 12.6 Å². The molecule has 0 amide bonds. The second-order valence-corrected chi connectivity index (χ2v) is 9.71. The van der Waals surface area contributed by atoms with Gasteiger partial charge in [-0.3, -0.25) is 4.90 Å². The lowest BCUT2D eigenvalue weighted by Crippen LogP contribution is -2.47. The second-order valence-electron chi connectivity index (χ2n) is 8.59. The minimum Gasteiger partial charge on any atom is -0.491 e. The first kappa shape index (κ1) is 28.5. The van der Waals surface area contributed by atoms with E-state index >= 15 is 0 Å². The second kappa shape index (κ2) is 13.0. The molecule has 0 aliphatic carbocycles. The van der Waals surface area contributed by atoms with Crippen LogP contribution in [0, 0.1) is 0 Å². The zero-order valence-electron chi connectivity index (χ0n) is 21.4. The predicted octanol–water partition coefficient (Wildman–Crippen LogP) is 3.65. The number of benzene rings is 1. The molecule has 14 heteroatoms. The first-order valence-corrected chi connectivity index (χ1v) is 13.2. The fraction of sp³-hybridized carbons (Fsp3) is 0.400. The molecule has 0 unspecified atom stereocenters. The van der Waals surface area contributed by atoms with Crippen LogP contribution in [0.3, 0.4) is 0 Å². The number of amidine groups is 1. The maximum Gasteiger partial charge on any atom is 0.418 e. The maximum atomic E-state index is 13.8. The molecule has 1 aliphatic heterocycles. The number of nitrogen functional groups attached to an aromatic ring is 1. The van der Waals surface area contributed by atoms with Crippen molar-refractivity contribution in [2.24, 2.45) is 10.7 Å². The van der Waals surface area contributed by atoms with Crippen molar-refractivity contribution in [2.45, 2.75) is 11.2 Å². The van der Waals surface area contributed by atoms with Gasteiger partial charge in [0.15, 0.2) is 17.4 Å². The smallest absolute Gasteiger partial charge is 0.418 e. The van der Waals surface area contributed by atoms with E-state index in [0.29, 0.717) is 55.1 Å². The molecular formula is C25H30F3N7O3S. The van der Waals surface area contributed by atoms with Crippen molar-refractivity contribution < 1.29 is 27.1 Å². The number of nitrogens with two attached hydrogens (primary N) is 2. The number of anilines is 2. The van der Waals surface area contributed by atoms with Gasteiger partial charge in [-0.2, -0.15) is 18.2 Å². The van der Waals surface area contributed by atoms with Gasteiger partial charge >= 0.3 is 6.18 Å². The lowest BCUT2D eigenvalue weighted by molar-refractivity contribution is -0.137. The van der Waals surface area contributed by atoms with Crippen LogP contribution >= 0.6 is 11.8 Å².